The summed E-state index contributed by atoms with van der Waals surface area (Å²) in [6, 6.07) is 5.30. The monoisotopic (exact) mass is 319 g/mol. The number of nitrogens with zero attached hydrogens (tertiary/aromatic N) is 2. The van der Waals surface area contributed by atoms with Crippen LogP contribution >= 0.6 is 0 Å². The number of rotatable bonds is 2. The second-order valence-electron chi connectivity index (χ2n) is 5.85. The number of carbonyl (C=O) groups excluding carboxylic acids is 1. The number of fused-ring (bicyclic) bond motifs is 1. The molecule has 7 nitrogen and oxygen atoms in total. The van der Waals surface area contributed by atoms with Gasteiger partial charge in [-0.1, -0.05) is 0 Å². The van der Waals surface area contributed by atoms with Crippen LogP contribution in [0.4, 0.5) is 15.3 Å². The van der Waals surface area contributed by atoms with Gasteiger partial charge < -0.3 is 20.1 Å². The molecule has 1 saturated heterocycles. The van der Waals surface area contributed by atoms with Crippen LogP contribution in [-0.2, 0) is 6.42 Å². The van der Waals surface area contributed by atoms with E-state index in [1.165, 1.54) is 4.90 Å². The lowest BCUT2D eigenvalue weighted by Crippen LogP contribution is -2.55. The van der Waals surface area contributed by atoms with Gasteiger partial charge in [0.05, 0.1) is 7.11 Å². The Morgan fingerprint density at radius 1 is 1.35 bits per heavy atom. The van der Waals surface area contributed by atoms with E-state index in [0.717, 1.165) is 29.8 Å². The van der Waals surface area contributed by atoms with Gasteiger partial charge in [-0.25, -0.2) is 9.59 Å². The summed E-state index contributed by atoms with van der Waals surface area (Å²) in [6.07, 6.45) is 1.76. The van der Waals surface area contributed by atoms with Crippen molar-refractivity contribution in [3.8, 4) is 5.75 Å². The fourth-order valence-corrected chi connectivity index (χ4v) is 3.30. The average Bonchev–Trinajstić information content (AvgIpc) is 2.72. The normalized spacial score (nSPS) is 21.3. The molecular weight excluding hydrogens is 298 g/mol. The third kappa shape index (κ3) is 3.04. The summed E-state index contributed by atoms with van der Waals surface area (Å²) in [6.45, 7) is 0.963. The van der Waals surface area contributed by atoms with Crippen LogP contribution in [0.1, 0.15) is 24.8 Å². The van der Waals surface area contributed by atoms with Gasteiger partial charge in [-0.15, -0.1) is 0 Å². The Morgan fingerprint density at radius 3 is 2.91 bits per heavy atom. The average molecular weight is 319 g/mol. The van der Waals surface area contributed by atoms with Gasteiger partial charge >= 0.3 is 12.1 Å². The molecule has 0 radical (unpaired) electrons. The molecule has 3 rings (SSSR count). The van der Waals surface area contributed by atoms with Crippen LogP contribution in [0.15, 0.2) is 18.2 Å². The predicted molar refractivity (Wildman–Crippen MR) is 84.8 cm³/mol. The molecule has 0 saturated carbocycles. The molecule has 1 unspecified atom stereocenters. The zero-order valence-electron chi connectivity index (χ0n) is 13.1. The number of carbonyl (C=O) groups is 2. The molecule has 0 aromatic heterocycles. The van der Waals surface area contributed by atoms with E-state index in [9.17, 15) is 14.7 Å². The Kier molecular flexibility index (Phi) is 4.27. The Labute approximate surface area is 134 Å². The highest BCUT2D eigenvalue weighted by Crippen LogP contribution is 2.28. The number of anilines is 1. The fraction of sp³-hybridized carbons (Fsp3) is 0.500. The second kappa shape index (κ2) is 6.36. The van der Waals surface area contributed by atoms with Crippen molar-refractivity contribution in [2.24, 2.45) is 0 Å². The van der Waals surface area contributed by atoms with Gasteiger partial charge in [-0.3, -0.25) is 4.90 Å². The third-order valence-corrected chi connectivity index (χ3v) is 4.51. The third-order valence-electron chi connectivity index (χ3n) is 4.51. The SMILES string of the molecule is COc1ccc2c(c1)CCN(C1CCCCN1C(=O)O)C(=O)N2. The van der Waals surface area contributed by atoms with Crippen LogP contribution in [0.2, 0.25) is 0 Å². The predicted octanol–water partition coefficient (Wildman–Crippen LogP) is 2.58. The van der Waals surface area contributed by atoms with E-state index >= 15 is 0 Å². The summed E-state index contributed by atoms with van der Waals surface area (Å²) in [5.41, 5.74) is 1.76. The highest BCUT2D eigenvalue weighted by atomic mass is 16.5. The number of piperidine rings is 1. The molecule has 1 aromatic rings. The summed E-state index contributed by atoms with van der Waals surface area (Å²) in [4.78, 5) is 27.0. The number of hydrogen-bond acceptors (Lipinski definition) is 3. The van der Waals surface area contributed by atoms with Crippen molar-refractivity contribution in [1.29, 1.82) is 0 Å². The molecule has 2 aliphatic heterocycles. The number of benzene rings is 1. The molecule has 2 heterocycles. The fourth-order valence-electron chi connectivity index (χ4n) is 3.30. The number of likely N-dealkylation sites (tertiary alicyclic amines) is 1. The van der Waals surface area contributed by atoms with Gasteiger partial charge in [0.25, 0.3) is 0 Å². The van der Waals surface area contributed by atoms with Crippen molar-refractivity contribution in [1.82, 2.24) is 9.80 Å². The summed E-state index contributed by atoms with van der Waals surface area (Å²) >= 11 is 0. The zero-order chi connectivity index (χ0) is 16.4. The van der Waals surface area contributed by atoms with Gasteiger partial charge in [0.1, 0.15) is 11.9 Å². The van der Waals surface area contributed by atoms with Gasteiger partial charge in [-0.2, -0.15) is 0 Å². The highest BCUT2D eigenvalue weighted by molar-refractivity contribution is 5.91. The smallest absolute Gasteiger partial charge is 0.408 e. The number of hydrogen-bond donors (Lipinski definition) is 2. The van der Waals surface area contributed by atoms with E-state index in [2.05, 4.69) is 5.32 Å². The van der Waals surface area contributed by atoms with Crippen LogP contribution in [-0.4, -0.2) is 53.4 Å². The molecular formula is C16H21N3O4. The van der Waals surface area contributed by atoms with Crippen molar-refractivity contribution in [2.75, 3.05) is 25.5 Å². The number of nitrogens with one attached hydrogen (secondary N) is 1. The first-order valence-electron chi connectivity index (χ1n) is 7.84. The van der Waals surface area contributed by atoms with Crippen molar-refractivity contribution in [2.45, 2.75) is 31.8 Å². The largest absolute Gasteiger partial charge is 0.497 e. The van der Waals surface area contributed by atoms with E-state index in [0.29, 0.717) is 25.9 Å². The molecule has 1 fully saturated rings. The maximum atomic E-state index is 12.6. The van der Waals surface area contributed by atoms with Gasteiger partial charge in [0.15, 0.2) is 0 Å². The highest BCUT2D eigenvalue weighted by Gasteiger charge is 2.35. The van der Waals surface area contributed by atoms with Gasteiger partial charge in [0, 0.05) is 18.8 Å². The molecule has 2 aliphatic rings. The van der Waals surface area contributed by atoms with E-state index in [-0.39, 0.29) is 6.03 Å². The first-order chi connectivity index (χ1) is 11.1. The lowest BCUT2D eigenvalue weighted by atomic mass is 10.1. The topological polar surface area (TPSA) is 82.1 Å². The summed E-state index contributed by atoms with van der Waals surface area (Å²) in [5.74, 6) is 0.747. The number of urea groups is 1. The lowest BCUT2D eigenvalue weighted by molar-refractivity contribution is 0.0432. The molecule has 0 aliphatic carbocycles. The summed E-state index contributed by atoms with van der Waals surface area (Å²) in [7, 11) is 1.61. The van der Waals surface area contributed by atoms with Crippen molar-refractivity contribution in [3.05, 3.63) is 23.8 Å². The van der Waals surface area contributed by atoms with E-state index in [1.807, 2.05) is 12.1 Å². The summed E-state index contributed by atoms with van der Waals surface area (Å²) in [5, 5.41) is 12.3. The molecule has 124 valence electrons. The minimum Gasteiger partial charge on any atom is -0.497 e. The van der Waals surface area contributed by atoms with Crippen LogP contribution in [0.5, 0.6) is 5.75 Å². The molecule has 7 heteroatoms. The number of amides is 3. The number of carboxylic acid groups (broad SMARTS) is 1. The first kappa shape index (κ1) is 15.5. The number of methoxy groups -OCH3 is 1. The minimum absolute atomic E-state index is 0.243. The van der Waals surface area contributed by atoms with Crippen LogP contribution in [0.3, 0.4) is 0 Å². The second-order valence-corrected chi connectivity index (χ2v) is 5.85. The molecule has 3 amide bonds. The van der Waals surface area contributed by atoms with Gasteiger partial charge in [-0.05, 0) is 49.4 Å². The Bertz CT molecular complexity index is 619. The van der Waals surface area contributed by atoms with E-state index < -0.39 is 12.3 Å². The maximum absolute atomic E-state index is 12.6. The Morgan fingerprint density at radius 2 is 2.17 bits per heavy atom. The van der Waals surface area contributed by atoms with Crippen molar-refractivity contribution in [3.63, 3.8) is 0 Å². The minimum atomic E-state index is -0.967. The molecule has 2 N–H and O–H groups in total. The Balaban J connectivity index is 1.83. The molecule has 1 aromatic carbocycles. The number of ether oxygens (including phenoxy) is 1. The van der Waals surface area contributed by atoms with Crippen LogP contribution < -0.4 is 10.1 Å². The zero-order valence-corrected chi connectivity index (χ0v) is 13.1. The van der Waals surface area contributed by atoms with E-state index in [4.69, 9.17) is 4.74 Å². The maximum Gasteiger partial charge on any atom is 0.408 e. The van der Waals surface area contributed by atoms with Crippen molar-refractivity contribution < 1.29 is 19.4 Å². The quantitative estimate of drug-likeness (QED) is 0.878. The molecule has 0 spiro atoms. The van der Waals surface area contributed by atoms with Crippen LogP contribution in [0, 0.1) is 0 Å². The molecule has 1 atom stereocenters. The van der Waals surface area contributed by atoms with Crippen molar-refractivity contribution >= 4 is 17.8 Å². The Hall–Kier alpha value is -2.44. The lowest BCUT2D eigenvalue weighted by Gasteiger charge is -2.40. The van der Waals surface area contributed by atoms with Gasteiger partial charge in [0.2, 0.25) is 0 Å². The van der Waals surface area contributed by atoms with E-state index in [1.54, 1.807) is 18.1 Å². The summed E-state index contributed by atoms with van der Waals surface area (Å²) < 4.78 is 5.23. The standard InChI is InChI=1S/C16H21N3O4/c1-23-12-5-6-13-11(10-12)7-9-18(15(20)17-13)14-4-2-3-8-19(14)16(21)22/h5-6,10,14H,2-4,7-9H2,1H3,(H,17,20)(H,21,22). The van der Waals surface area contributed by atoms with Crippen LogP contribution in [0.25, 0.3) is 0 Å². The first-order valence-corrected chi connectivity index (χ1v) is 7.84. The molecule has 23 heavy (non-hydrogen) atoms. The molecule has 0 bridgehead atoms.